The van der Waals surface area contributed by atoms with Gasteiger partial charge in [-0.25, -0.2) is 0 Å². The molecule has 1 fully saturated rings. The molecule has 29 heavy (non-hydrogen) atoms. The number of benzene rings is 3. The topological polar surface area (TPSA) is 32.3 Å². The Balaban J connectivity index is 1.56. The Bertz CT molecular complexity index is 944. The highest BCUT2D eigenvalue weighted by atomic mass is 16.1. The third kappa shape index (κ3) is 4.51. The molecular formula is C26H28N2O. The first-order valence-corrected chi connectivity index (χ1v) is 10.5. The second-order valence-electron chi connectivity index (χ2n) is 7.77. The molecule has 0 spiro atoms. The number of nitrogens with zero attached hydrogens (tertiary/aromatic N) is 1. The number of nitrogens with one attached hydrogen (secondary N) is 1. The Kier molecular flexibility index (Phi) is 5.95. The molecule has 1 atom stereocenters. The lowest BCUT2D eigenvalue weighted by atomic mass is 9.94. The number of hydrogen-bond donors (Lipinski definition) is 1. The van der Waals surface area contributed by atoms with Crippen LogP contribution in [0.4, 0.5) is 5.69 Å². The fraction of sp³-hybridized carbons (Fsp3) is 0.269. The Labute approximate surface area is 173 Å². The van der Waals surface area contributed by atoms with Gasteiger partial charge < -0.3 is 10.2 Å². The monoisotopic (exact) mass is 384 g/mol. The van der Waals surface area contributed by atoms with E-state index >= 15 is 0 Å². The lowest BCUT2D eigenvalue weighted by Gasteiger charge is -2.29. The number of amides is 1. The number of piperidine rings is 1. The van der Waals surface area contributed by atoms with Crippen molar-refractivity contribution in [3.8, 4) is 0 Å². The van der Waals surface area contributed by atoms with E-state index in [4.69, 9.17) is 0 Å². The molecule has 0 aromatic heterocycles. The highest BCUT2D eigenvalue weighted by Crippen LogP contribution is 2.26. The highest BCUT2D eigenvalue weighted by molar-refractivity contribution is 5.95. The molecule has 1 saturated heterocycles. The van der Waals surface area contributed by atoms with Crippen molar-refractivity contribution in [3.05, 3.63) is 101 Å². The van der Waals surface area contributed by atoms with Crippen LogP contribution in [0.3, 0.4) is 0 Å². The van der Waals surface area contributed by atoms with Crippen LogP contribution in [-0.4, -0.2) is 19.0 Å². The predicted molar refractivity (Wildman–Crippen MR) is 119 cm³/mol. The molecule has 4 rings (SSSR count). The van der Waals surface area contributed by atoms with Crippen LogP contribution < -0.4 is 10.2 Å². The Morgan fingerprint density at radius 2 is 1.48 bits per heavy atom. The van der Waals surface area contributed by atoms with Crippen molar-refractivity contribution in [1.29, 1.82) is 0 Å². The summed E-state index contributed by atoms with van der Waals surface area (Å²) in [5.74, 6) is -0.0488. The quantitative estimate of drug-likeness (QED) is 0.629. The molecule has 1 N–H and O–H groups in total. The molecule has 1 aliphatic heterocycles. The molecule has 0 aliphatic carbocycles. The van der Waals surface area contributed by atoms with Crippen molar-refractivity contribution in [2.24, 2.45) is 0 Å². The summed E-state index contributed by atoms with van der Waals surface area (Å²) >= 11 is 0. The summed E-state index contributed by atoms with van der Waals surface area (Å²) in [6.45, 7) is 4.30. The van der Waals surface area contributed by atoms with E-state index in [1.165, 1.54) is 30.5 Å². The van der Waals surface area contributed by atoms with Gasteiger partial charge >= 0.3 is 0 Å². The van der Waals surface area contributed by atoms with Gasteiger partial charge in [0.15, 0.2) is 0 Å². The predicted octanol–water partition coefficient (Wildman–Crippen LogP) is 5.50. The molecule has 3 nitrogen and oxygen atoms in total. The smallest absolute Gasteiger partial charge is 0.252 e. The van der Waals surface area contributed by atoms with Gasteiger partial charge in [-0.2, -0.15) is 0 Å². The minimum Gasteiger partial charge on any atom is -0.372 e. The van der Waals surface area contributed by atoms with Crippen LogP contribution in [0.15, 0.2) is 78.9 Å². The van der Waals surface area contributed by atoms with Crippen LogP contribution in [0, 0.1) is 6.92 Å². The van der Waals surface area contributed by atoms with Gasteiger partial charge in [0.1, 0.15) is 0 Å². The average molecular weight is 385 g/mol. The lowest BCUT2D eigenvalue weighted by Crippen LogP contribution is -2.30. The number of aryl methyl sites for hydroxylation is 1. The van der Waals surface area contributed by atoms with E-state index in [1.54, 1.807) is 0 Å². The summed E-state index contributed by atoms with van der Waals surface area (Å²) in [5, 5.41) is 3.25. The van der Waals surface area contributed by atoms with Crippen molar-refractivity contribution in [3.63, 3.8) is 0 Å². The summed E-state index contributed by atoms with van der Waals surface area (Å²) in [6, 6.07) is 26.3. The second-order valence-corrected chi connectivity index (χ2v) is 7.77. The zero-order valence-corrected chi connectivity index (χ0v) is 17.0. The molecule has 3 aromatic carbocycles. The molecule has 0 saturated carbocycles. The molecule has 1 heterocycles. The van der Waals surface area contributed by atoms with Gasteiger partial charge in [-0.1, -0.05) is 54.6 Å². The van der Waals surface area contributed by atoms with Crippen molar-refractivity contribution in [1.82, 2.24) is 5.32 Å². The van der Waals surface area contributed by atoms with Gasteiger partial charge in [-0.05, 0) is 67.1 Å². The fourth-order valence-electron chi connectivity index (χ4n) is 4.09. The van der Waals surface area contributed by atoms with Crippen LogP contribution >= 0.6 is 0 Å². The van der Waals surface area contributed by atoms with Gasteiger partial charge in [0.2, 0.25) is 0 Å². The van der Waals surface area contributed by atoms with Crippen LogP contribution in [-0.2, 0) is 0 Å². The first kappa shape index (κ1) is 19.3. The average Bonchev–Trinajstić information content (AvgIpc) is 2.79. The van der Waals surface area contributed by atoms with Gasteiger partial charge in [-0.3, -0.25) is 4.79 Å². The van der Waals surface area contributed by atoms with E-state index in [2.05, 4.69) is 53.5 Å². The highest BCUT2D eigenvalue weighted by Gasteiger charge is 2.19. The minimum atomic E-state index is -0.174. The van der Waals surface area contributed by atoms with Crippen LogP contribution in [0.5, 0.6) is 0 Å². The number of carbonyl (C=O) groups excluding carboxylic acids is 1. The van der Waals surface area contributed by atoms with Gasteiger partial charge in [0.25, 0.3) is 5.91 Å². The Morgan fingerprint density at radius 1 is 0.828 bits per heavy atom. The first-order chi connectivity index (χ1) is 14.2. The zero-order chi connectivity index (χ0) is 20.1. The summed E-state index contributed by atoms with van der Waals surface area (Å²) in [6.07, 6.45) is 3.81. The largest absolute Gasteiger partial charge is 0.372 e. The lowest BCUT2D eigenvalue weighted by molar-refractivity contribution is 0.0943. The van der Waals surface area contributed by atoms with E-state index in [-0.39, 0.29) is 11.9 Å². The van der Waals surface area contributed by atoms with Crippen molar-refractivity contribution >= 4 is 11.6 Å². The van der Waals surface area contributed by atoms with E-state index in [0.717, 1.165) is 24.2 Å². The van der Waals surface area contributed by atoms with Crippen LogP contribution in [0.2, 0.25) is 0 Å². The van der Waals surface area contributed by atoms with E-state index < -0.39 is 0 Å². The van der Waals surface area contributed by atoms with Crippen LogP contribution in [0.1, 0.15) is 52.4 Å². The van der Waals surface area contributed by atoms with Crippen LogP contribution in [0.25, 0.3) is 0 Å². The molecule has 1 amide bonds. The fourth-order valence-corrected chi connectivity index (χ4v) is 4.09. The Morgan fingerprint density at radius 3 is 2.17 bits per heavy atom. The number of carbonyl (C=O) groups is 1. The summed E-state index contributed by atoms with van der Waals surface area (Å²) in [4.78, 5) is 15.5. The number of anilines is 1. The maximum Gasteiger partial charge on any atom is 0.252 e. The van der Waals surface area contributed by atoms with Gasteiger partial charge in [-0.15, -0.1) is 0 Å². The normalized spacial score (nSPS) is 15.0. The minimum absolute atomic E-state index is 0.0488. The standard InChI is InChI=1S/C26H28N2O/c1-20-10-6-7-13-24(20)25(21-11-4-2-5-12-21)27-26(29)22-14-16-23(17-15-22)28-18-8-3-9-19-28/h2,4-7,10-17,25H,3,8-9,18-19H2,1H3,(H,27,29). The summed E-state index contributed by atoms with van der Waals surface area (Å²) in [5.41, 5.74) is 5.28. The van der Waals surface area contributed by atoms with Gasteiger partial charge in [0.05, 0.1) is 6.04 Å². The summed E-state index contributed by atoms with van der Waals surface area (Å²) in [7, 11) is 0. The molecule has 0 radical (unpaired) electrons. The van der Waals surface area contributed by atoms with E-state index in [0.29, 0.717) is 5.56 Å². The number of hydrogen-bond acceptors (Lipinski definition) is 2. The summed E-state index contributed by atoms with van der Waals surface area (Å²) < 4.78 is 0. The maximum atomic E-state index is 13.1. The second kappa shape index (κ2) is 8.95. The van der Waals surface area contributed by atoms with Gasteiger partial charge in [0, 0.05) is 24.3 Å². The molecule has 1 unspecified atom stereocenters. The van der Waals surface area contributed by atoms with Crippen molar-refractivity contribution in [2.45, 2.75) is 32.2 Å². The number of rotatable bonds is 5. The Hall–Kier alpha value is -3.07. The maximum absolute atomic E-state index is 13.1. The first-order valence-electron chi connectivity index (χ1n) is 10.5. The molecule has 148 valence electrons. The van der Waals surface area contributed by atoms with Crippen molar-refractivity contribution < 1.29 is 4.79 Å². The molecule has 3 heteroatoms. The van der Waals surface area contributed by atoms with E-state index in [1.807, 2.05) is 42.5 Å². The molecule has 0 bridgehead atoms. The zero-order valence-electron chi connectivity index (χ0n) is 17.0. The molecular weight excluding hydrogens is 356 g/mol. The molecule has 1 aliphatic rings. The third-order valence-corrected chi connectivity index (χ3v) is 5.76. The molecule has 3 aromatic rings. The van der Waals surface area contributed by atoms with E-state index in [9.17, 15) is 4.79 Å². The SMILES string of the molecule is Cc1ccccc1C(NC(=O)c1ccc(N2CCCCC2)cc1)c1ccccc1. The van der Waals surface area contributed by atoms with Crippen molar-refractivity contribution in [2.75, 3.05) is 18.0 Å². The third-order valence-electron chi connectivity index (χ3n) is 5.76.